The first-order valence-corrected chi connectivity index (χ1v) is 7.64. The summed E-state index contributed by atoms with van der Waals surface area (Å²) in [6, 6.07) is 7.41. The van der Waals surface area contributed by atoms with E-state index in [0.29, 0.717) is 17.9 Å². The lowest BCUT2D eigenvalue weighted by atomic mass is 9.93. The van der Waals surface area contributed by atoms with Gasteiger partial charge in [-0.1, -0.05) is 36.6 Å². The van der Waals surface area contributed by atoms with Crippen LogP contribution in [-0.4, -0.2) is 22.5 Å². The van der Waals surface area contributed by atoms with E-state index < -0.39 is 11.5 Å². The fraction of sp³-hybridized carbons (Fsp3) is 0.500. The molecule has 0 atom stereocenters. The molecule has 1 aliphatic rings. The molecule has 0 aromatic heterocycles. The third-order valence-corrected chi connectivity index (χ3v) is 4.26. The third kappa shape index (κ3) is 4.74. The number of carboxylic acids is 1. The van der Waals surface area contributed by atoms with Gasteiger partial charge in [-0.2, -0.15) is 0 Å². The molecule has 5 heteroatoms. The van der Waals surface area contributed by atoms with Crippen molar-refractivity contribution in [3.8, 4) is 0 Å². The van der Waals surface area contributed by atoms with E-state index in [1.54, 1.807) is 12.1 Å². The summed E-state index contributed by atoms with van der Waals surface area (Å²) in [5.41, 5.74) is 0.511. The Morgan fingerprint density at radius 2 is 1.81 bits per heavy atom. The second-order valence-electron chi connectivity index (χ2n) is 5.73. The molecule has 21 heavy (non-hydrogen) atoms. The van der Waals surface area contributed by atoms with E-state index in [2.05, 4.69) is 5.32 Å². The second kappa shape index (κ2) is 6.94. The highest BCUT2D eigenvalue weighted by Crippen LogP contribution is 2.32. The molecule has 0 spiro atoms. The summed E-state index contributed by atoms with van der Waals surface area (Å²) in [5.74, 6) is -0.928. The summed E-state index contributed by atoms with van der Waals surface area (Å²) < 4.78 is 0. The Morgan fingerprint density at radius 1 is 1.19 bits per heavy atom. The SMILES string of the molecule is O=C(O)CC1(NC(=O)CCc2ccc(Cl)cc2)CCCC1. The average Bonchev–Trinajstić information content (AvgIpc) is 2.85. The Balaban J connectivity index is 1.87. The van der Waals surface area contributed by atoms with Crippen LogP contribution in [0.25, 0.3) is 0 Å². The van der Waals surface area contributed by atoms with E-state index in [1.807, 2.05) is 12.1 Å². The summed E-state index contributed by atoms with van der Waals surface area (Å²) in [4.78, 5) is 23.1. The maximum Gasteiger partial charge on any atom is 0.305 e. The number of carboxylic acid groups (broad SMARTS) is 1. The lowest BCUT2D eigenvalue weighted by Gasteiger charge is -2.28. The molecule has 1 aliphatic carbocycles. The highest BCUT2D eigenvalue weighted by Gasteiger charge is 2.37. The number of nitrogens with one attached hydrogen (secondary N) is 1. The number of carbonyl (C=O) groups excluding carboxylic acids is 1. The fourth-order valence-corrected chi connectivity index (χ4v) is 3.08. The van der Waals surface area contributed by atoms with Gasteiger partial charge < -0.3 is 10.4 Å². The van der Waals surface area contributed by atoms with Gasteiger partial charge in [-0.15, -0.1) is 0 Å². The van der Waals surface area contributed by atoms with Gasteiger partial charge in [-0.3, -0.25) is 9.59 Å². The van der Waals surface area contributed by atoms with Crippen LogP contribution in [-0.2, 0) is 16.0 Å². The molecule has 0 heterocycles. The molecular weight excluding hydrogens is 290 g/mol. The van der Waals surface area contributed by atoms with Gasteiger partial charge in [0.05, 0.1) is 12.0 Å². The van der Waals surface area contributed by atoms with Gasteiger partial charge >= 0.3 is 5.97 Å². The average molecular weight is 310 g/mol. The van der Waals surface area contributed by atoms with Crippen LogP contribution in [0.4, 0.5) is 0 Å². The van der Waals surface area contributed by atoms with Gasteiger partial charge in [0, 0.05) is 11.4 Å². The molecule has 0 radical (unpaired) electrons. The summed E-state index contributed by atoms with van der Waals surface area (Å²) in [6.07, 6.45) is 4.47. The topological polar surface area (TPSA) is 66.4 Å². The molecule has 4 nitrogen and oxygen atoms in total. The first-order chi connectivity index (χ1) is 9.99. The normalized spacial score (nSPS) is 16.6. The second-order valence-corrected chi connectivity index (χ2v) is 6.17. The largest absolute Gasteiger partial charge is 0.481 e. The molecule has 1 saturated carbocycles. The van der Waals surface area contributed by atoms with Gasteiger partial charge in [0.1, 0.15) is 0 Å². The molecule has 114 valence electrons. The predicted octanol–water partition coefficient (Wildman–Crippen LogP) is 3.18. The van der Waals surface area contributed by atoms with Crippen molar-refractivity contribution in [3.63, 3.8) is 0 Å². The van der Waals surface area contributed by atoms with Crippen LogP contribution in [0.1, 0.15) is 44.1 Å². The Hall–Kier alpha value is -1.55. The number of carbonyl (C=O) groups is 2. The van der Waals surface area contributed by atoms with Crippen molar-refractivity contribution in [2.45, 2.75) is 50.5 Å². The van der Waals surface area contributed by atoms with Crippen LogP contribution in [0.5, 0.6) is 0 Å². The molecule has 0 saturated heterocycles. The van der Waals surface area contributed by atoms with E-state index in [-0.39, 0.29) is 12.3 Å². The van der Waals surface area contributed by atoms with Gasteiger partial charge in [-0.25, -0.2) is 0 Å². The highest BCUT2D eigenvalue weighted by atomic mass is 35.5. The van der Waals surface area contributed by atoms with Gasteiger partial charge in [0.15, 0.2) is 0 Å². The van der Waals surface area contributed by atoms with Crippen molar-refractivity contribution in [2.24, 2.45) is 0 Å². The standard InChI is InChI=1S/C16H20ClNO3/c17-13-6-3-12(4-7-13)5-8-14(19)18-16(11-15(20)21)9-1-2-10-16/h3-4,6-7H,1-2,5,8-11H2,(H,18,19)(H,20,21). The van der Waals surface area contributed by atoms with Crippen LogP contribution in [0, 0.1) is 0 Å². The summed E-state index contributed by atoms with van der Waals surface area (Å²) in [5, 5.41) is 12.7. The van der Waals surface area contributed by atoms with E-state index in [4.69, 9.17) is 16.7 Å². The predicted molar refractivity (Wildman–Crippen MR) is 81.4 cm³/mol. The zero-order valence-corrected chi connectivity index (χ0v) is 12.7. The van der Waals surface area contributed by atoms with Crippen molar-refractivity contribution in [1.82, 2.24) is 5.32 Å². The molecule has 2 rings (SSSR count). The van der Waals surface area contributed by atoms with Gasteiger partial charge in [0.25, 0.3) is 0 Å². The lowest BCUT2D eigenvalue weighted by Crippen LogP contribution is -2.47. The van der Waals surface area contributed by atoms with Gasteiger partial charge in [-0.05, 0) is 37.0 Å². The Morgan fingerprint density at radius 3 is 2.38 bits per heavy atom. The number of benzene rings is 1. The van der Waals surface area contributed by atoms with Crippen molar-refractivity contribution < 1.29 is 14.7 Å². The molecule has 1 aromatic rings. The number of hydrogen-bond donors (Lipinski definition) is 2. The molecule has 1 fully saturated rings. The van der Waals surface area contributed by atoms with Crippen molar-refractivity contribution in [2.75, 3.05) is 0 Å². The number of rotatable bonds is 6. The first-order valence-electron chi connectivity index (χ1n) is 7.26. The molecule has 0 unspecified atom stereocenters. The Bertz CT molecular complexity index is 507. The van der Waals surface area contributed by atoms with Crippen LogP contribution in [0.3, 0.4) is 0 Å². The zero-order chi connectivity index (χ0) is 15.3. The van der Waals surface area contributed by atoms with Crippen LogP contribution >= 0.6 is 11.6 Å². The quantitative estimate of drug-likeness (QED) is 0.848. The molecule has 1 aromatic carbocycles. The van der Waals surface area contributed by atoms with Crippen molar-refractivity contribution in [3.05, 3.63) is 34.9 Å². The van der Waals surface area contributed by atoms with E-state index >= 15 is 0 Å². The number of halogens is 1. The molecule has 0 aliphatic heterocycles. The minimum Gasteiger partial charge on any atom is -0.481 e. The summed E-state index contributed by atoms with van der Waals surface area (Å²) >= 11 is 5.82. The monoisotopic (exact) mass is 309 g/mol. The minimum absolute atomic E-state index is 0.0136. The van der Waals surface area contributed by atoms with Crippen LogP contribution in [0.15, 0.2) is 24.3 Å². The number of aryl methyl sites for hydroxylation is 1. The zero-order valence-electron chi connectivity index (χ0n) is 11.9. The number of hydrogen-bond acceptors (Lipinski definition) is 2. The highest BCUT2D eigenvalue weighted by molar-refractivity contribution is 6.30. The van der Waals surface area contributed by atoms with Crippen molar-refractivity contribution in [1.29, 1.82) is 0 Å². The molecule has 1 amide bonds. The third-order valence-electron chi connectivity index (χ3n) is 4.01. The summed E-state index contributed by atoms with van der Waals surface area (Å²) in [6.45, 7) is 0. The smallest absolute Gasteiger partial charge is 0.305 e. The minimum atomic E-state index is -0.852. The Kier molecular flexibility index (Phi) is 5.23. The molecule has 0 bridgehead atoms. The Labute approximate surface area is 129 Å². The summed E-state index contributed by atoms with van der Waals surface area (Å²) in [7, 11) is 0. The number of amides is 1. The maximum absolute atomic E-state index is 12.1. The van der Waals surface area contributed by atoms with Crippen LogP contribution in [0.2, 0.25) is 5.02 Å². The molecular formula is C16H20ClNO3. The van der Waals surface area contributed by atoms with E-state index in [1.165, 1.54) is 0 Å². The maximum atomic E-state index is 12.1. The van der Waals surface area contributed by atoms with E-state index in [0.717, 1.165) is 31.2 Å². The number of aliphatic carboxylic acids is 1. The molecule has 2 N–H and O–H groups in total. The lowest BCUT2D eigenvalue weighted by molar-refractivity contribution is -0.139. The van der Waals surface area contributed by atoms with Gasteiger partial charge in [0.2, 0.25) is 5.91 Å². The van der Waals surface area contributed by atoms with E-state index in [9.17, 15) is 9.59 Å². The van der Waals surface area contributed by atoms with Crippen molar-refractivity contribution >= 4 is 23.5 Å². The fourth-order valence-electron chi connectivity index (χ4n) is 2.95. The first kappa shape index (κ1) is 15.8. The van der Waals surface area contributed by atoms with Crippen LogP contribution < -0.4 is 5.32 Å².